The molecule has 7 heteroatoms. The minimum atomic E-state index is -0.477. The molecule has 0 aliphatic carbocycles. The van der Waals surface area contributed by atoms with E-state index < -0.39 is 11.7 Å². The van der Waals surface area contributed by atoms with E-state index >= 15 is 0 Å². The van der Waals surface area contributed by atoms with Gasteiger partial charge in [0.05, 0.1) is 0 Å². The third-order valence-corrected chi connectivity index (χ3v) is 2.38. The molecule has 22 heavy (non-hydrogen) atoms. The maximum absolute atomic E-state index is 11.5. The molecule has 0 saturated carbocycles. The SMILES string of the molecule is CN=C(NCCNC(=O)OC(C)(C)C)NCCNC(C)(C)C. The second-order valence-corrected chi connectivity index (χ2v) is 7.03. The molecule has 0 fully saturated rings. The van der Waals surface area contributed by atoms with E-state index in [2.05, 4.69) is 47.0 Å². The van der Waals surface area contributed by atoms with Gasteiger partial charge in [-0.1, -0.05) is 0 Å². The minimum Gasteiger partial charge on any atom is -0.444 e. The van der Waals surface area contributed by atoms with Crippen molar-refractivity contribution >= 4 is 12.1 Å². The van der Waals surface area contributed by atoms with Gasteiger partial charge in [0.25, 0.3) is 0 Å². The van der Waals surface area contributed by atoms with Crippen molar-refractivity contribution in [3.8, 4) is 0 Å². The average Bonchev–Trinajstić information content (AvgIpc) is 2.33. The Hall–Kier alpha value is -1.50. The van der Waals surface area contributed by atoms with E-state index in [1.165, 1.54) is 0 Å². The molecule has 0 spiro atoms. The maximum atomic E-state index is 11.5. The Morgan fingerprint density at radius 2 is 1.41 bits per heavy atom. The summed E-state index contributed by atoms with van der Waals surface area (Å²) in [5.74, 6) is 0.710. The Kier molecular flexibility index (Phi) is 8.86. The Labute approximate surface area is 134 Å². The smallest absolute Gasteiger partial charge is 0.407 e. The Balaban J connectivity index is 3.77. The molecule has 0 unspecified atom stereocenters. The first-order valence-corrected chi connectivity index (χ1v) is 7.70. The van der Waals surface area contributed by atoms with E-state index in [1.54, 1.807) is 7.05 Å². The number of rotatable bonds is 6. The molecule has 0 heterocycles. The lowest BCUT2D eigenvalue weighted by Gasteiger charge is -2.21. The molecule has 0 aromatic carbocycles. The number of nitrogens with one attached hydrogen (secondary N) is 4. The highest BCUT2D eigenvalue weighted by Gasteiger charge is 2.15. The Bertz CT molecular complexity index is 356. The summed E-state index contributed by atoms with van der Waals surface area (Å²) in [5.41, 5.74) is -0.370. The predicted molar refractivity (Wildman–Crippen MR) is 91.4 cm³/mol. The fourth-order valence-corrected chi connectivity index (χ4v) is 1.50. The first kappa shape index (κ1) is 20.5. The van der Waals surface area contributed by atoms with Crippen LogP contribution < -0.4 is 21.3 Å². The number of hydrogen-bond donors (Lipinski definition) is 4. The van der Waals surface area contributed by atoms with Crippen LogP contribution in [-0.4, -0.2) is 56.4 Å². The molecule has 4 N–H and O–H groups in total. The van der Waals surface area contributed by atoms with Gasteiger partial charge in [0.1, 0.15) is 5.60 Å². The normalized spacial score (nSPS) is 12.8. The third kappa shape index (κ3) is 13.5. The highest BCUT2D eigenvalue weighted by molar-refractivity contribution is 5.79. The van der Waals surface area contributed by atoms with Gasteiger partial charge in [-0.15, -0.1) is 0 Å². The van der Waals surface area contributed by atoms with Crippen molar-refractivity contribution in [2.75, 3.05) is 33.2 Å². The van der Waals surface area contributed by atoms with Gasteiger partial charge in [0, 0.05) is 38.8 Å². The van der Waals surface area contributed by atoms with Gasteiger partial charge in [0.15, 0.2) is 5.96 Å². The molecule has 130 valence electrons. The van der Waals surface area contributed by atoms with Crippen molar-refractivity contribution in [2.24, 2.45) is 4.99 Å². The fraction of sp³-hybridized carbons (Fsp3) is 0.867. The number of alkyl carbamates (subject to hydrolysis) is 1. The third-order valence-electron chi connectivity index (χ3n) is 2.38. The van der Waals surface area contributed by atoms with E-state index in [4.69, 9.17) is 4.74 Å². The van der Waals surface area contributed by atoms with Crippen molar-refractivity contribution in [2.45, 2.75) is 52.7 Å². The number of ether oxygens (including phenoxy) is 1. The standard InChI is InChI=1S/C15H33N5O2/c1-14(2,3)20-11-10-18-12(16-7)17-8-9-19-13(21)22-15(4,5)6/h20H,8-11H2,1-7H3,(H,19,21)(H2,16,17,18). The Morgan fingerprint density at radius 3 is 1.86 bits per heavy atom. The summed E-state index contributed by atoms with van der Waals surface area (Å²) in [7, 11) is 1.72. The monoisotopic (exact) mass is 315 g/mol. The van der Waals surface area contributed by atoms with Crippen molar-refractivity contribution in [1.29, 1.82) is 0 Å². The molecule has 0 aromatic rings. The molecule has 0 aromatic heterocycles. The van der Waals surface area contributed by atoms with Gasteiger partial charge in [-0.3, -0.25) is 4.99 Å². The lowest BCUT2D eigenvalue weighted by Crippen LogP contribution is -2.46. The molecule has 7 nitrogen and oxygen atoms in total. The second kappa shape index (κ2) is 9.50. The van der Waals surface area contributed by atoms with Crippen LogP contribution in [0.15, 0.2) is 4.99 Å². The predicted octanol–water partition coefficient (Wildman–Crippen LogP) is 1.06. The fourth-order valence-electron chi connectivity index (χ4n) is 1.50. The zero-order valence-electron chi connectivity index (χ0n) is 15.1. The van der Waals surface area contributed by atoms with E-state index in [0.717, 1.165) is 13.1 Å². The number of guanidine groups is 1. The highest BCUT2D eigenvalue weighted by atomic mass is 16.6. The minimum absolute atomic E-state index is 0.107. The van der Waals surface area contributed by atoms with Gasteiger partial charge in [-0.25, -0.2) is 4.79 Å². The second-order valence-electron chi connectivity index (χ2n) is 7.03. The van der Waals surface area contributed by atoms with Crippen LogP contribution in [0.4, 0.5) is 4.79 Å². The molecular weight excluding hydrogens is 282 g/mol. The van der Waals surface area contributed by atoms with Crippen LogP contribution in [0.3, 0.4) is 0 Å². The number of carbonyl (C=O) groups is 1. The van der Waals surface area contributed by atoms with Crippen molar-refractivity contribution in [1.82, 2.24) is 21.3 Å². The van der Waals surface area contributed by atoms with Crippen LogP contribution in [0.5, 0.6) is 0 Å². The van der Waals surface area contributed by atoms with Crippen LogP contribution in [0.1, 0.15) is 41.5 Å². The van der Waals surface area contributed by atoms with E-state index in [9.17, 15) is 4.79 Å². The summed E-state index contributed by atoms with van der Waals surface area (Å²) in [6.07, 6.45) is -0.411. The van der Waals surface area contributed by atoms with Gasteiger partial charge < -0.3 is 26.0 Å². The Morgan fingerprint density at radius 1 is 0.909 bits per heavy atom. The molecule has 0 aliphatic heterocycles. The van der Waals surface area contributed by atoms with E-state index in [1.807, 2.05) is 20.8 Å². The number of carbonyl (C=O) groups excluding carboxylic acids is 1. The van der Waals surface area contributed by atoms with Crippen LogP contribution >= 0.6 is 0 Å². The lowest BCUT2D eigenvalue weighted by molar-refractivity contribution is 0.0529. The van der Waals surface area contributed by atoms with Gasteiger partial charge in [-0.05, 0) is 41.5 Å². The number of amides is 1. The van der Waals surface area contributed by atoms with Crippen molar-refractivity contribution in [3.05, 3.63) is 0 Å². The number of hydrogen-bond acceptors (Lipinski definition) is 4. The largest absolute Gasteiger partial charge is 0.444 e. The highest BCUT2D eigenvalue weighted by Crippen LogP contribution is 2.05. The van der Waals surface area contributed by atoms with Gasteiger partial charge in [-0.2, -0.15) is 0 Å². The summed E-state index contributed by atoms with van der Waals surface area (Å²) >= 11 is 0. The summed E-state index contributed by atoms with van der Waals surface area (Å²) < 4.78 is 5.15. The summed E-state index contributed by atoms with van der Waals surface area (Å²) in [4.78, 5) is 15.6. The quantitative estimate of drug-likeness (QED) is 0.334. The zero-order chi connectivity index (χ0) is 17.2. The van der Waals surface area contributed by atoms with Gasteiger partial charge >= 0.3 is 6.09 Å². The van der Waals surface area contributed by atoms with Crippen LogP contribution in [0, 0.1) is 0 Å². The molecule has 0 saturated heterocycles. The first-order valence-electron chi connectivity index (χ1n) is 7.70. The molecule has 0 aliphatic rings. The summed E-state index contributed by atoms with van der Waals surface area (Å²) in [5, 5.41) is 12.4. The molecular formula is C15H33N5O2. The molecule has 0 atom stereocenters. The van der Waals surface area contributed by atoms with Crippen molar-refractivity contribution in [3.63, 3.8) is 0 Å². The van der Waals surface area contributed by atoms with Gasteiger partial charge in [0.2, 0.25) is 0 Å². The molecule has 0 rings (SSSR count). The molecule has 0 bridgehead atoms. The summed E-state index contributed by atoms with van der Waals surface area (Å²) in [6.45, 7) is 14.6. The van der Waals surface area contributed by atoms with Crippen LogP contribution in [0.2, 0.25) is 0 Å². The zero-order valence-corrected chi connectivity index (χ0v) is 15.1. The van der Waals surface area contributed by atoms with Crippen LogP contribution in [0.25, 0.3) is 0 Å². The summed E-state index contributed by atoms with van der Waals surface area (Å²) in [6, 6.07) is 0. The van der Waals surface area contributed by atoms with E-state index in [0.29, 0.717) is 19.0 Å². The van der Waals surface area contributed by atoms with Crippen LogP contribution in [-0.2, 0) is 4.74 Å². The molecule has 1 amide bonds. The van der Waals surface area contributed by atoms with Crippen molar-refractivity contribution < 1.29 is 9.53 Å². The van der Waals surface area contributed by atoms with E-state index in [-0.39, 0.29) is 5.54 Å². The molecule has 0 radical (unpaired) electrons. The number of aliphatic imine (C=N–C) groups is 1. The number of nitrogens with zero attached hydrogens (tertiary/aromatic N) is 1. The average molecular weight is 315 g/mol. The topological polar surface area (TPSA) is 86.8 Å². The first-order chi connectivity index (χ1) is 10.0. The lowest BCUT2D eigenvalue weighted by atomic mass is 10.1. The maximum Gasteiger partial charge on any atom is 0.407 e.